The van der Waals surface area contributed by atoms with Crippen LogP contribution in [0.3, 0.4) is 0 Å². The maximum absolute atomic E-state index is 2.32. The number of benzene rings is 4. The zero-order chi connectivity index (χ0) is 18.4. The molecule has 0 spiro atoms. The van der Waals surface area contributed by atoms with E-state index >= 15 is 0 Å². The molecular weight excluding hydrogens is 324 g/mol. The highest BCUT2D eigenvalue weighted by atomic mass is 14.2. The van der Waals surface area contributed by atoms with Gasteiger partial charge in [-0.05, 0) is 70.5 Å². The van der Waals surface area contributed by atoms with Crippen molar-refractivity contribution in [1.82, 2.24) is 0 Å². The van der Waals surface area contributed by atoms with Crippen LogP contribution in [0, 0.1) is 20.3 Å². The van der Waals surface area contributed by atoms with Gasteiger partial charge in [0, 0.05) is 6.42 Å². The zero-order valence-corrected chi connectivity index (χ0v) is 15.7. The predicted molar refractivity (Wildman–Crippen MR) is 115 cm³/mol. The van der Waals surface area contributed by atoms with Gasteiger partial charge < -0.3 is 0 Å². The van der Waals surface area contributed by atoms with Crippen molar-refractivity contribution in [3.05, 3.63) is 114 Å². The summed E-state index contributed by atoms with van der Waals surface area (Å²) in [6, 6.07) is 31.1. The van der Waals surface area contributed by atoms with E-state index in [2.05, 4.69) is 105 Å². The lowest BCUT2D eigenvalue weighted by Crippen LogP contribution is -1.83. The van der Waals surface area contributed by atoms with Crippen LogP contribution in [-0.4, -0.2) is 0 Å². The first-order chi connectivity index (χ1) is 13.2. The van der Waals surface area contributed by atoms with Crippen LogP contribution in [0.5, 0.6) is 0 Å². The number of hydrogen-bond donors (Lipinski definition) is 0. The van der Waals surface area contributed by atoms with Crippen molar-refractivity contribution >= 4 is 0 Å². The molecule has 1 aliphatic carbocycles. The highest BCUT2D eigenvalue weighted by molar-refractivity contribution is 5.86. The van der Waals surface area contributed by atoms with Gasteiger partial charge in [-0.2, -0.15) is 0 Å². The number of hydrogen-bond acceptors (Lipinski definition) is 0. The second kappa shape index (κ2) is 6.25. The summed E-state index contributed by atoms with van der Waals surface area (Å²) < 4.78 is 0. The molecule has 4 aromatic rings. The van der Waals surface area contributed by atoms with Crippen molar-refractivity contribution in [1.29, 1.82) is 0 Å². The van der Waals surface area contributed by atoms with Crippen LogP contribution in [-0.2, 0) is 0 Å². The number of rotatable bonds is 2. The van der Waals surface area contributed by atoms with Crippen molar-refractivity contribution in [3.8, 4) is 33.4 Å². The number of aryl methyl sites for hydroxylation is 2. The van der Waals surface area contributed by atoms with Crippen LogP contribution in [0.2, 0.25) is 0 Å². The quantitative estimate of drug-likeness (QED) is 0.317. The van der Waals surface area contributed by atoms with Crippen LogP contribution in [0.4, 0.5) is 0 Å². The van der Waals surface area contributed by atoms with Crippen molar-refractivity contribution < 1.29 is 0 Å². The van der Waals surface area contributed by atoms with E-state index in [1.54, 1.807) is 0 Å². The summed E-state index contributed by atoms with van der Waals surface area (Å²) in [4.78, 5) is 0. The van der Waals surface area contributed by atoms with E-state index < -0.39 is 0 Å². The highest BCUT2D eigenvalue weighted by Gasteiger charge is 2.19. The Balaban J connectivity index is 1.51. The first-order valence-electron chi connectivity index (χ1n) is 9.45. The van der Waals surface area contributed by atoms with Crippen molar-refractivity contribution in [2.24, 2.45) is 0 Å². The molecule has 0 N–H and O–H groups in total. The van der Waals surface area contributed by atoms with E-state index in [0.717, 1.165) is 0 Å². The lowest BCUT2D eigenvalue weighted by Gasteiger charge is -2.07. The molecule has 0 aliphatic heterocycles. The molecular formula is C27H21. The second-order valence-corrected chi connectivity index (χ2v) is 7.48. The monoisotopic (exact) mass is 345 g/mol. The van der Waals surface area contributed by atoms with Crippen molar-refractivity contribution in [3.63, 3.8) is 0 Å². The average Bonchev–Trinajstić information content (AvgIpc) is 3.06. The number of fused-ring (bicyclic) bond motifs is 3. The summed E-state index contributed by atoms with van der Waals surface area (Å²) in [5.41, 5.74) is 13.0. The minimum atomic E-state index is 1.27. The maximum Gasteiger partial charge on any atom is 0.0212 e. The molecule has 0 nitrogen and oxygen atoms in total. The molecule has 0 aromatic heterocycles. The lowest BCUT2D eigenvalue weighted by atomic mass is 9.97. The molecule has 4 aromatic carbocycles. The fourth-order valence-electron chi connectivity index (χ4n) is 3.87. The average molecular weight is 345 g/mol. The highest BCUT2D eigenvalue weighted by Crippen LogP contribution is 2.41. The minimum absolute atomic E-state index is 1.27. The van der Waals surface area contributed by atoms with Crippen LogP contribution < -0.4 is 0 Å². The third kappa shape index (κ3) is 2.88. The van der Waals surface area contributed by atoms with Crippen molar-refractivity contribution in [2.75, 3.05) is 0 Å². The third-order valence-corrected chi connectivity index (χ3v) is 5.47. The fourth-order valence-corrected chi connectivity index (χ4v) is 3.87. The van der Waals surface area contributed by atoms with Gasteiger partial charge >= 0.3 is 0 Å². The largest absolute Gasteiger partial charge is 0.0587 e. The van der Waals surface area contributed by atoms with Crippen LogP contribution in [0.15, 0.2) is 84.9 Å². The van der Waals surface area contributed by atoms with Crippen LogP contribution >= 0.6 is 0 Å². The second-order valence-electron chi connectivity index (χ2n) is 7.48. The van der Waals surface area contributed by atoms with E-state index in [1.807, 2.05) is 0 Å². The molecule has 0 atom stereocenters. The summed E-state index contributed by atoms with van der Waals surface area (Å²) >= 11 is 0. The first kappa shape index (κ1) is 16.1. The molecule has 0 fully saturated rings. The van der Waals surface area contributed by atoms with Crippen LogP contribution in [0.25, 0.3) is 33.4 Å². The smallest absolute Gasteiger partial charge is 0.0212 e. The Morgan fingerprint density at radius 3 is 1.19 bits per heavy atom. The Morgan fingerprint density at radius 2 is 0.778 bits per heavy atom. The molecule has 1 radical (unpaired) electrons. The summed E-state index contributed by atoms with van der Waals surface area (Å²) in [5.74, 6) is 0. The molecule has 5 rings (SSSR count). The van der Waals surface area contributed by atoms with Crippen molar-refractivity contribution in [2.45, 2.75) is 13.8 Å². The Kier molecular flexibility index (Phi) is 3.72. The Morgan fingerprint density at radius 1 is 0.407 bits per heavy atom. The van der Waals surface area contributed by atoms with Gasteiger partial charge in [0.2, 0.25) is 0 Å². The normalized spacial score (nSPS) is 11.9. The van der Waals surface area contributed by atoms with E-state index in [1.165, 1.54) is 55.6 Å². The van der Waals surface area contributed by atoms with E-state index in [0.29, 0.717) is 0 Å². The molecule has 0 heteroatoms. The van der Waals surface area contributed by atoms with Gasteiger partial charge in [0.25, 0.3) is 0 Å². The van der Waals surface area contributed by atoms with Gasteiger partial charge in [-0.1, -0.05) is 83.9 Å². The Hall–Kier alpha value is -3.12. The Labute approximate surface area is 161 Å². The molecule has 0 amide bonds. The van der Waals surface area contributed by atoms with Gasteiger partial charge in [0.05, 0.1) is 0 Å². The molecule has 0 saturated heterocycles. The molecule has 0 bridgehead atoms. The molecule has 0 saturated carbocycles. The fraction of sp³-hybridized carbons (Fsp3) is 0.0741. The topological polar surface area (TPSA) is 0 Å². The zero-order valence-electron chi connectivity index (χ0n) is 15.7. The standard InChI is InChI=1S/C27H21/c1-18-3-7-20(8-4-18)22-11-13-26-24(15-22)17-25-16-23(12-14-27(25)26)21-9-5-19(2)6-10-21/h3-17H,1-2H3. The van der Waals surface area contributed by atoms with Crippen LogP contribution in [0.1, 0.15) is 22.3 Å². The third-order valence-electron chi connectivity index (χ3n) is 5.47. The summed E-state index contributed by atoms with van der Waals surface area (Å²) in [7, 11) is 0. The molecule has 1 aliphatic rings. The van der Waals surface area contributed by atoms with E-state index in [4.69, 9.17) is 0 Å². The summed E-state index contributed by atoms with van der Waals surface area (Å²) in [6.07, 6.45) is 2.32. The predicted octanol–water partition coefficient (Wildman–Crippen LogP) is 7.22. The van der Waals surface area contributed by atoms with E-state index in [9.17, 15) is 0 Å². The maximum atomic E-state index is 2.32. The first-order valence-corrected chi connectivity index (χ1v) is 9.45. The Bertz CT molecular complexity index is 1040. The van der Waals surface area contributed by atoms with Gasteiger partial charge in [-0.25, -0.2) is 0 Å². The van der Waals surface area contributed by atoms with Gasteiger partial charge in [0.15, 0.2) is 0 Å². The minimum Gasteiger partial charge on any atom is -0.0587 e. The molecule has 27 heavy (non-hydrogen) atoms. The molecule has 0 heterocycles. The molecule has 0 unspecified atom stereocenters. The molecule has 129 valence electrons. The summed E-state index contributed by atoms with van der Waals surface area (Å²) in [5, 5.41) is 0. The van der Waals surface area contributed by atoms with Gasteiger partial charge in [0.1, 0.15) is 0 Å². The summed E-state index contributed by atoms with van der Waals surface area (Å²) in [6.45, 7) is 4.26. The van der Waals surface area contributed by atoms with Gasteiger partial charge in [-0.15, -0.1) is 0 Å². The SMILES string of the molecule is Cc1ccc(-c2ccc3c(c2)[CH]c2cc(-c4ccc(C)cc4)ccc2-3)cc1. The van der Waals surface area contributed by atoms with E-state index in [-0.39, 0.29) is 0 Å². The van der Waals surface area contributed by atoms with Gasteiger partial charge in [-0.3, -0.25) is 0 Å². The lowest BCUT2D eigenvalue weighted by molar-refractivity contribution is 1.46.